The Hall–Kier alpha value is -4.31. The third-order valence-electron chi connectivity index (χ3n) is 6.50. The van der Waals surface area contributed by atoms with Crippen LogP contribution in [0.5, 0.6) is 23.0 Å². The van der Waals surface area contributed by atoms with E-state index in [1.165, 1.54) is 32.7 Å². The largest absolute Gasteiger partial charge is 0.497 e. The minimum atomic E-state index is -0.530. The van der Waals surface area contributed by atoms with Crippen molar-refractivity contribution in [3.8, 4) is 34.1 Å². The second-order valence-electron chi connectivity index (χ2n) is 8.93. The van der Waals surface area contributed by atoms with Crippen LogP contribution in [-0.4, -0.2) is 51.8 Å². The Kier molecular flexibility index (Phi) is 8.79. The van der Waals surface area contributed by atoms with E-state index in [2.05, 4.69) is 0 Å². The van der Waals surface area contributed by atoms with Gasteiger partial charge < -0.3 is 29.4 Å². The minimum Gasteiger partial charge on any atom is -0.497 e. The topological polar surface area (TPSA) is 119 Å². The van der Waals surface area contributed by atoms with Crippen molar-refractivity contribution in [2.75, 3.05) is 40.8 Å². The number of nitrogens with two attached hydrogens (primary N) is 1. The van der Waals surface area contributed by atoms with Crippen LogP contribution in [0, 0.1) is 6.92 Å². The number of rotatable bonds is 11. The molecule has 0 saturated carbocycles. The normalized spacial score (nSPS) is 10.8. The average Bonchev–Trinajstić information content (AvgIpc) is 3.30. The van der Waals surface area contributed by atoms with Gasteiger partial charge in [0.2, 0.25) is 11.5 Å². The molecular formula is C30H32N2O7S. The molecule has 0 aliphatic rings. The van der Waals surface area contributed by atoms with Crippen LogP contribution in [0.4, 0.5) is 5.69 Å². The predicted molar refractivity (Wildman–Crippen MR) is 155 cm³/mol. The summed E-state index contributed by atoms with van der Waals surface area (Å²) in [6.07, 6.45) is 1.60. The van der Waals surface area contributed by atoms with Gasteiger partial charge in [-0.25, -0.2) is 9.78 Å². The number of hydrogen-bond donors (Lipinski definition) is 1. The first-order valence-electron chi connectivity index (χ1n) is 12.7. The third kappa shape index (κ3) is 5.27. The Labute approximate surface area is 236 Å². The molecule has 2 aromatic heterocycles. The van der Waals surface area contributed by atoms with E-state index < -0.39 is 5.97 Å². The molecule has 0 unspecified atom stereocenters. The highest BCUT2D eigenvalue weighted by Gasteiger charge is 2.29. The number of nitrogens with zero attached hydrogens (tertiary/aromatic N) is 1. The summed E-state index contributed by atoms with van der Waals surface area (Å²) in [6.45, 7) is 4.02. The molecule has 2 heterocycles. The van der Waals surface area contributed by atoms with Gasteiger partial charge in [0, 0.05) is 16.5 Å². The zero-order chi connectivity index (χ0) is 29.0. The highest BCUT2D eigenvalue weighted by molar-refractivity contribution is 7.21. The number of carbonyl (C=O) groups excluding carboxylic acids is 2. The smallest absolute Gasteiger partial charge is 0.340 e. The van der Waals surface area contributed by atoms with E-state index in [1.54, 1.807) is 50.4 Å². The third-order valence-corrected chi connectivity index (χ3v) is 7.60. The maximum absolute atomic E-state index is 13.6. The number of hydrogen-bond acceptors (Lipinski definition) is 10. The molecule has 0 aliphatic heterocycles. The molecule has 9 nitrogen and oxygen atoms in total. The van der Waals surface area contributed by atoms with Gasteiger partial charge in [0.15, 0.2) is 11.5 Å². The number of aromatic nitrogens is 1. The van der Waals surface area contributed by atoms with Gasteiger partial charge >= 0.3 is 5.97 Å². The highest BCUT2D eigenvalue weighted by Crippen LogP contribution is 2.47. The van der Waals surface area contributed by atoms with Crippen molar-refractivity contribution in [2.24, 2.45) is 0 Å². The Morgan fingerprint density at radius 3 is 2.15 bits per heavy atom. The van der Waals surface area contributed by atoms with Gasteiger partial charge in [-0.1, -0.05) is 13.3 Å². The van der Waals surface area contributed by atoms with Gasteiger partial charge in [-0.2, -0.15) is 0 Å². The number of aryl methyl sites for hydroxylation is 1. The van der Waals surface area contributed by atoms with Crippen LogP contribution < -0.4 is 24.7 Å². The predicted octanol–water partition coefficient (Wildman–Crippen LogP) is 6.08. The summed E-state index contributed by atoms with van der Waals surface area (Å²) in [5, 5.41) is 0.476. The molecule has 4 aromatic rings. The first-order chi connectivity index (χ1) is 19.3. The zero-order valence-corrected chi connectivity index (χ0v) is 24.2. The van der Waals surface area contributed by atoms with Crippen LogP contribution in [0.3, 0.4) is 0 Å². The molecule has 0 spiro atoms. The molecular weight excluding hydrogens is 532 g/mol. The van der Waals surface area contributed by atoms with E-state index in [1.807, 2.05) is 6.92 Å². The first-order valence-corrected chi connectivity index (χ1v) is 13.5. The summed E-state index contributed by atoms with van der Waals surface area (Å²) < 4.78 is 27.5. The number of fused-ring (bicyclic) bond motifs is 1. The van der Waals surface area contributed by atoms with E-state index in [9.17, 15) is 9.59 Å². The summed E-state index contributed by atoms with van der Waals surface area (Å²) in [7, 11) is 6.10. The summed E-state index contributed by atoms with van der Waals surface area (Å²) in [6, 6.07) is 10.3. The molecule has 0 aliphatic carbocycles. The molecule has 0 saturated heterocycles. The number of carbonyl (C=O) groups is 2. The molecule has 0 fully saturated rings. The van der Waals surface area contributed by atoms with Crippen molar-refractivity contribution >= 4 is 39.0 Å². The Bertz CT molecular complexity index is 1540. The average molecular weight is 565 g/mol. The zero-order valence-electron chi connectivity index (χ0n) is 23.4. The fraction of sp³-hybridized carbons (Fsp3) is 0.300. The first kappa shape index (κ1) is 28.7. The maximum Gasteiger partial charge on any atom is 0.340 e. The second-order valence-corrected chi connectivity index (χ2v) is 9.93. The lowest BCUT2D eigenvalue weighted by Gasteiger charge is -2.18. The van der Waals surface area contributed by atoms with Crippen LogP contribution in [0.15, 0.2) is 36.4 Å². The molecule has 0 bridgehead atoms. The molecule has 210 valence electrons. The summed E-state index contributed by atoms with van der Waals surface area (Å²) in [4.78, 5) is 32.6. The minimum absolute atomic E-state index is 0.222. The quantitative estimate of drug-likeness (QED) is 0.131. The second kappa shape index (κ2) is 12.3. The van der Waals surface area contributed by atoms with Crippen LogP contribution in [0.25, 0.3) is 21.3 Å². The van der Waals surface area contributed by atoms with E-state index >= 15 is 0 Å². The number of unbranched alkanes of at least 4 members (excludes halogenated alkanes) is 1. The molecule has 2 N–H and O–H groups in total. The summed E-state index contributed by atoms with van der Waals surface area (Å²) in [5.41, 5.74) is 9.11. The van der Waals surface area contributed by atoms with Gasteiger partial charge in [0.1, 0.15) is 15.5 Å². The van der Waals surface area contributed by atoms with Crippen LogP contribution >= 0.6 is 11.3 Å². The molecule has 10 heteroatoms. The number of ether oxygens (including phenoxy) is 5. The van der Waals surface area contributed by atoms with Gasteiger partial charge in [-0.05, 0) is 55.3 Å². The Morgan fingerprint density at radius 1 is 0.950 bits per heavy atom. The SMILES string of the molecule is CCCCOC(=O)c1c(C)nc2sc(C(=O)c3ccc(OC)cc3)c(N)c2c1-c1cc(OC)c(OC)c(OC)c1. The highest BCUT2D eigenvalue weighted by atomic mass is 32.1. The van der Waals surface area contributed by atoms with Gasteiger partial charge in [-0.15, -0.1) is 11.3 Å². The molecule has 0 atom stereocenters. The van der Waals surface area contributed by atoms with Crippen molar-refractivity contribution in [3.05, 3.63) is 58.1 Å². The van der Waals surface area contributed by atoms with E-state index in [-0.39, 0.29) is 23.6 Å². The Morgan fingerprint density at radius 2 is 1.60 bits per heavy atom. The molecule has 0 amide bonds. The lowest BCUT2D eigenvalue weighted by molar-refractivity contribution is 0.0499. The van der Waals surface area contributed by atoms with Gasteiger partial charge in [0.05, 0.1) is 52.0 Å². The fourth-order valence-corrected chi connectivity index (χ4v) is 5.57. The van der Waals surface area contributed by atoms with Crippen molar-refractivity contribution < 1.29 is 33.3 Å². The number of benzene rings is 2. The number of methoxy groups -OCH3 is 4. The maximum atomic E-state index is 13.6. The van der Waals surface area contributed by atoms with E-state index in [0.29, 0.717) is 60.5 Å². The van der Waals surface area contributed by atoms with Crippen LogP contribution in [-0.2, 0) is 4.74 Å². The number of esters is 1. The lowest BCUT2D eigenvalue weighted by Crippen LogP contribution is -2.12. The summed E-state index contributed by atoms with van der Waals surface area (Å²) in [5.74, 6) is 1.04. The van der Waals surface area contributed by atoms with E-state index in [0.717, 1.165) is 12.8 Å². The number of ketones is 1. The van der Waals surface area contributed by atoms with E-state index in [4.69, 9.17) is 34.4 Å². The van der Waals surface area contributed by atoms with Crippen molar-refractivity contribution in [3.63, 3.8) is 0 Å². The number of pyridine rings is 1. The lowest BCUT2D eigenvalue weighted by atomic mass is 9.94. The number of nitrogen functional groups attached to an aromatic ring is 1. The standard InChI is InChI=1S/C30H32N2O7S/c1-7-8-13-39-30(34)22-16(2)32-29-24(23(22)18-14-20(36-4)27(38-6)21(15-18)37-5)25(31)28(40-29)26(33)17-9-11-19(35-3)12-10-17/h9-12,14-15H,7-8,13,31H2,1-6H3. The van der Waals surface area contributed by atoms with Gasteiger partial charge in [0.25, 0.3) is 0 Å². The molecule has 2 aromatic carbocycles. The fourth-order valence-electron chi connectivity index (χ4n) is 4.45. The van der Waals surface area contributed by atoms with Crippen LogP contribution in [0.1, 0.15) is 51.1 Å². The van der Waals surface area contributed by atoms with Crippen molar-refractivity contribution in [2.45, 2.75) is 26.7 Å². The van der Waals surface area contributed by atoms with Crippen molar-refractivity contribution in [1.82, 2.24) is 4.98 Å². The number of thiophene rings is 1. The number of anilines is 1. The molecule has 4 rings (SSSR count). The monoisotopic (exact) mass is 564 g/mol. The van der Waals surface area contributed by atoms with Gasteiger partial charge in [-0.3, -0.25) is 4.79 Å². The van der Waals surface area contributed by atoms with Crippen molar-refractivity contribution in [1.29, 1.82) is 0 Å². The summed E-state index contributed by atoms with van der Waals surface area (Å²) >= 11 is 1.17. The molecule has 40 heavy (non-hydrogen) atoms. The Balaban J connectivity index is 2.01. The van der Waals surface area contributed by atoms with Crippen LogP contribution in [0.2, 0.25) is 0 Å². The molecule has 0 radical (unpaired) electrons.